The van der Waals surface area contributed by atoms with Crippen LogP contribution in [-0.2, 0) is 11.2 Å². The van der Waals surface area contributed by atoms with E-state index < -0.39 is 5.97 Å². The number of hydrogen-bond acceptors (Lipinski definition) is 3. The van der Waals surface area contributed by atoms with E-state index >= 15 is 0 Å². The zero-order chi connectivity index (χ0) is 12.0. The first-order chi connectivity index (χ1) is 8.15. The summed E-state index contributed by atoms with van der Waals surface area (Å²) in [5, 5.41) is 9.12. The molecule has 1 aromatic rings. The molecule has 0 amide bonds. The van der Waals surface area contributed by atoms with E-state index in [0.29, 0.717) is 18.0 Å². The highest BCUT2D eigenvalue weighted by Crippen LogP contribution is 2.38. The first kappa shape index (κ1) is 10.2. The SMILES string of the molecule is Nc1ccc2c(c1)N(C1CC1)C=C(C(=O)O)C2. The van der Waals surface area contributed by atoms with Gasteiger partial charge in [0.15, 0.2) is 0 Å². The Bertz CT molecular complexity index is 518. The van der Waals surface area contributed by atoms with Crippen molar-refractivity contribution in [2.24, 2.45) is 0 Å². The largest absolute Gasteiger partial charge is 0.478 e. The van der Waals surface area contributed by atoms with Crippen molar-refractivity contribution in [3.8, 4) is 0 Å². The van der Waals surface area contributed by atoms with E-state index in [2.05, 4.69) is 4.90 Å². The summed E-state index contributed by atoms with van der Waals surface area (Å²) < 4.78 is 0. The Morgan fingerprint density at radius 3 is 2.82 bits per heavy atom. The molecule has 4 heteroatoms. The summed E-state index contributed by atoms with van der Waals surface area (Å²) in [6.07, 6.45) is 4.49. The van der Waals surface area contributed by atoms with Crippen molar-refractivity contribution in [3.05, 3.63) is 35.5 Å². The molecule has 4 nitrogen and oxygen atoms in total. The topological polar surface area (TPSA) is 66.6 Å². The minimum atomic E-state index is -0.835. The van der Waals surface area contributed by atoms with Gasteiger partial charge in [-0.1, -0.05) is 6.07 Å². The Kier molecular flexibility index (Phi) is 2.11. The highest BCUT2D eigenvalue weighted by Gasteiger charge is 2.32. The number of carboxylic acid groups (broad SMARTS) is 1. The third-order valence-corrected chi connectivity index (χ3v) is 3.28. The standard InChI is InChI=1S/C13H14N2O2/c14-10-2-1-8-5-9(13(16)17)7-15(11-3-4-11)12(8)6-10/h1-2,6-7,11H,3-5,14H2,(H,16,17). The molecule has 0 bridgehead atoms. The van der Waals surface area contributed by atoms with Crippen molar-refractivity contribution in [1.29, 1.82) is 0 Å². The Hall–Kier alpha value is -1.97. The molecule has 0 atom stereocenters. The molecule has 3 rings (SSSR count). The van der Waals surface area contributed by atoms with E-state index in [0.717, 1.165) is 29.8 Å². The molecule has 0 saturated heterocycles. The lowest BCUT2D eigenvalue weighted by molar-refractivity contribution is -0.132. The molecule has 2 aliphatic rings. The van der Waals surface area contributed by atoms with E-state index in [9.17, 15) is 4.79 Å². The van der Waals surface area contributed by atoms with Crippen LogP contribution in [0.2, 0.25) is 0 Å². The van der Waals surface area contributed by atoms with Gasteiger partial charge in [0.05, 0.1) is 5.57 Å². The van der Waals surface area contributed by atoms with Crippen LogP contribution in [0.1, 0.15) is 18.4 Å². The normalized spacial score (nSPS) is 18.6. The lowest BCUT2D eigenvalue weighted by Gasteiger charge is -2.28. The van der Waals surface area contributed by atoms with Gasteiger partial charge < -0.3 is 15.7 Å². The average Bonchev–Trinajstić information content (AvgIpc) is 3.11. The summed E-state index contributed by atoms with van der Waals surface area (Å²) in [6, 6.07) is 6.14. The monoisotopic (exact) mass is 230 g/mol. The molecular formula is C13H14N2O2. The smallest absolute Gasteiger partial charge is 0.333 e. The number of nitrogens with two attached hydrogens (primary N) is 1. The van der Waals surface area contributed by atoms with Gasteiger partial charge in [0.1, 0.15) is 0 Å². The Balaban J connectivity index is 2.06. The van der Waals surface area contributed by atoms with E-state index in [1.54, 1.807) is 6.20 Å². The number of nitrogen functional groups attached to an aromatic ring is 1. The Labute approximate surface area is 99.3 Å². The van der Waals surface area contributed by atoms with Crippen LogP contribution in [-0.4, -0.2) is 17.1 Å². The second-order valence-electron chi connectivity index (χ2n) is 4.66. The van der Waals surface area contributed by atoms with Crippen LogP contribution in [0.25, 0.3) is 0 Å². The van der Waals surface area contributed by atoms with E-state index in [4.69, 9.17) is 10.8 Å². The van der Waals surface area contributed by atoms with Gasteiger partial charge in [-0.05, 0) is 30.5 Å². The van der Waals surface area contributed by atoms with Crippen molar-refractivity contribution in [3.63, 3.8) is 0 Å². The molecule has 0 radical (unpaired) electrons. The Morgan fingerprint density at radius 2 is 2.18 bits per heavy atom. The molecular weight excluding hydrogens is 216 g/mol. The van der Waals surface area contributed by atoms with Gasteiger partial charge in [0, 0.05) is 30.0 Å². The van der Waals surface area contributed by atoms with Crippen molar-refractivity contribution in [2.75, 3.05) is 10.6 Å². The van der Waals surface area contributed by atoms with Crippen LogP contribution < -0.4 is 10.6 Å². The molecule has 1 heterocycles. The number of benzene rings is 1. The number of hydrogen-bond donors (Lipinski definition) is 2. The third kappa shape index (κ3) is 1.75. The van der Waals surface area contributed by atoms with Crippen LogP contribution >= 0.6 is 0 Å². The van der Waals surface area contributed by atoms with Gasteiger partial charge in [-0.25, -0.2) is 4.79 Å². The number of carbonyl (C=O) groups is 1. The van der Waals surface area contributed by atoms with E-state index in [1.165, 1.54) is 0 Å². The number of carboxylic acids is 1. The fraction of sp³-hybridized carbons (Fsp3) is 0.308. The lowest BCUT2D eigenvalue weighted by Crippen LogP contribution is -2.26. The molecule has 0 spiro atoms. The number of anilines is 2. The zero-order valence-electron chi connectivity index (χ0n) is 9.39. The Morgan fingerprint density at radius 1 is 1.41 bits per heavy atom. The van der Waals surface area contributed by atoms with Gasteiger partial charge in [-0.3, -0.25) is 0 Å². The molecule has 88 valence electrons. The van der Waals surface area contributed by atoms with Gasteiger partial charge in [0.2, 0.25) is 0 Å². The molecule has 1 aliphatic heterocycles. The van der Waals surface area contributed by atoms with Gasteiger partial charge in [0.25, 0.3) is 0 Å². The van der Waals surface area contributed by atoms with Gasteiger partial charge in [-0.2, -0.15) is 0 Å². The molecule has 17 heavy (non-hydrogen) atoms. The van der Waals surface area contributed by atoms with Crippen LogP contribution in [0, 0.1) is 0 Å². The minimum absolute atomic E-state index is 0.449. The number of aliphatic carboxylic acids is 1. The average molecular weight is 230 g/mol. The number of rotatable bonds is 2. The first-order valence-corrected chi connectivity index (χ1v) is 5.76. The maximum atomic E-state index is 11.1. The van der Waals surface area contributed by atoms with E-state index in [1.807, 2.05) is 18.2 Å². The highest BCUT2D eigenvalue weighted by molar-refractivity contribution is 5.89. The van der Waals surface area contributed by atoms with E-state index in [-0.39, 0.29) is 0 Å². The number of nitrogens with zero attached hydrogens (tertiary/aromatic N) is 1. The molecule has 0 unspecified atom stereocenters. The second-order valence-corrected chi connectivity index (χ2v) is 4.66. The van der Waals surface area contributed by atoms with Crippen molar-refractivity contribution in [2.45, 2.75) is 25.3 Å². The predicted molar refractivity (Wildman–Crippen MR) is 65.8 cm³/mol. The fourth-order valence-electron chi connectivity index (χ4n) is 2.24. The summed E-state index contributed by atoms with van der Waals surface area (Å²) in [5.41, 5.74) is 9.09. The van der Waals surface area contributed by atoms with Crippen molar-refractivity contribution < 1.29 is 9.90 Å². The van der Waals surface area contributed by atoms with Crippen molar-refractivity contribution >= 4 is 17.3 Å². The molecule has 0 aromatic heterocycles. The summed E-state index contributed by atoms with van der Waals surface area (Å²) in [4.78, 5) is 13.2. The maximum absolute atomic E-state index is 11.1. The third-order valence-electron chi connectivity index (χ3n) is 3.28. The first-order valence-electron chi connectivity index (χ1n) is 5.76. The highest BCUT2D eigenvalue weighted by atomic mass is 16.4. The summed E-state index contributed by atoms with van der Waals surface area (Å²) in [5.74, 6) is -0.835. The fourth-order valence-corrected chi connectivity index (χ4v) is 2.24. The molecule has 1 saturated carbocycles. The summed E-state index contributed by atoms with van der Waals surface area (Å²) in [7, 11) is 0. The summed E-state index contributed by atoms with van der Waals surface area (Å²) in [6.45, 7) is 0. The van der Waals surface area contributed by atoms with Crippen LogP contribution in [0.5, 0.6) is 0 Å². The molecule has 1 aromatic carbocycles. The molecule has 1 aliphatic carbocycles. The minimum Gasteiger partial charge on any atom is -0.478 e. The molecule has 3 N–H and O–H groups in total. The second kappa shape index (κ2) is 3.52. The molecule has 1 fully saturated rings. The van der Waals surface area contributed by atoms with Gasteiger partial charge in [-0.15, -0.1) is 0 Å². The summed E-state index contributed by atoms with van der Waals surface area (Å²) >= 11 is 0. The zero-order valence-corrected chi connectivity index (χ0v) is 9.39. The van der Waals surface area contributed by atoms with Crippen LogP contribution in [0.3, 0.4) is 0 Å². The van der Waals surface area contributed by atoms with Crippen LogP contribution in [0.15, 0.2) is 30.0 Å². The maximum Gasteiger partial charge on any atom is 0.333 e. The lowest BCUT2D eigenvalue weighted by atomic mass is 9.99. The van der Waals surface area contributed by atoms with Gasteiger partial charge >= 0.3 is 5.97 Å². The number of fused-ring (bicyclic) bond motifs is 1. The predicted octanol–water partition coefficient (Wildman–Crippen LogP) is 1.76. The quantitative estimate of drug-likeness (QED) is 0.760. The van der Waals surface area contributed by atoms with Crippen molar-refractivity contribution in [1.82, 2.24) is 0 Å². The van der Waals surface area contributed by atoms with Crippen LogP contribution in [0.4, 0.5) is 11.4 Å².